The summed E-state index contributed by atoms with van der Waals surface area (Å²) in [6.45, 7) is 7.56. The molecule has 0 amide bonds. The van der Waals surface area contributed by atoms with Gasteiger partial charge in [0.25, 0.3) is 0 Å². The van der Waals surface area contributed by atoms with Gasteiger partial charge in [0.1, 0.15) is 0 Å². The third-order valence-corrected chi connectivity index (χ3v) is 10.4. The summed E-state index contributed by atoms with van der Waals surface area (Å²) in [6, 6.07) is 0. The summed E-state index contributed by atoms with van der Waals surface area (Å²) in [5.74, 6) is 4.72. The van der Waals surface area contributed by atoms with E-state index < -0.39 is 0 Å². The molecule has 4 aliphatic rings. The minimum atomic E-state index is -0.0546. The molecule has 28 heavy (non-hydrogen) atoms. The standard InChI is InChI=1S/C25H42O3/c1-16(5-10-23(27)28-4)20-8-9-21-19-7-6-17-15-18(26)11-13-24(17,2)22(19)12-14-25(20,21)3/h16-22,26H,5-15H2,1-4H3/t16-,17?,18-,19?,20?,21?,22?,24+,25-/m1/s1. The summed E-state index contributed by atoms with van der Waals surface area (Å²) in [5.41, 5.74) is 0.937. The number of fused-ring (bicyclic) bond motifs is 5. The van der Waals surface area contributed by atoms with Gasteiger partial charge in [0, 0.05) is 6.42 Å². The Balaban J connectivity index is 1.48. The first-order valence-electron chi connectivity index (χ1n) is 12.0. The van der Waals surface area contributed by atoms with Gasteiger partial charge in [0.15, 0.2) is 0 Å². The highest BCUT2D eigenvalue weighted by Crippen LogP contribution is 2.68. The Kier molecular flexibility index (Phi) is 5.61. The van der Waals surface area contributed by atoms with Gasteiger partial charge < -0.3 is 9.84 Å². The van der Waals surface area contributed by atoms with Gasteiger partial charge in [0.2, 0.25) is 0 Å². The zero-order valence-electron chi connectivity index (χ0n) is 18.6. The van der Waals surface area contributed by atoms with Crippen LogP contribution in [-0.4, -0.2) is 24.3 Å². The maximum atomic E-state index is 11.6. The highest BCUT2D eigenvalue weighted by molar-refractivity contribution is 5.69. The molecular formula is C25H42O3. The van der Waals surface area contributed by atoms with Crippen LogP contribution in [0, 0.1) is 46.3 Å². The van der Waals surface area contributed by atoms with Crippen LogP contribution in [0.25, 0.3) is 0 Å². The van der Waals surface area contributed by atoms with Crippen molar-refractivity contribution in [1.29, 1.82) is 0 Å². The van der Waals surface area contributed by atoms with Crippen molar-refractivity contribution in [2.75, 3.05) is 7.11 Å². The lowest BCUT2D eigenvalue weighted by Gasteiger charge is -2.61. The van der Waals surface area contributed by atoms with E-state index >= 15 is 0 Å². The third kappa shape index (κ3) is 3.24. The molecule has 4 fully saturated rings. The van der Waals surface area contributed by atoms with Gasteiger partial charge in [-0.2, -0.15) is 0 Å². The van der Waals surface area contributed by atoms with Crippen LogP contribution in [0.2, 0.25) is 0 Å². The summed E-state index contributed by atoms with van der Waals surface area (Å²) in [6.07, 6.45) is 13.1. The van der Waals surface area contributed by atoms with Crippen molar-refractivity contribution in [1.82, 2.24) is 0 Å². The Hall–Kier alpha value is -0.570. The van der Waals surface area contributed by atoms with E-state index in [0.717, 1.165) is 48.9 Å². The van der Waals surface area contributed by atoms with Crippen LogP contribution < -0.4 is 0 Å². The Morgan fingerprint density at radius 1 is 1.04 bits per heavy atom. The number of hydrogen-bond donors (Lipinski definition) is 1. The minimum absolute atomic E-state index is 0.0463. The van der Waals surface area contributed by atoms with E-state index in [2.05, 4.69) is 20.8 Å². The maximum absolute atomic E-state index is 11.6. The summed E-state index contributed by atoms with van der Waals surface area (Å²) >= 11 is 0. The van der Waals surface area contributed by atoms with Gasteiger partial charge in [-0.25, -0.2) is 0 Å². The van der Waals surface area contributed by atoms with Crippen LogP contribution in [0.15, 0.2) is 0 Å². The van der Waals surface area contributed by atoms with Crippen molar-refractivity contribution in [3.63, 3.8) is 0 Å². The van der Waals surface area contributed by atoms with E-state index in [1.165, 1.54) is 52.1 Å². The number of esters is 1. The van der Waals surface area contributed by atoms with Crippen LogP contribution in [0.5, 0.6) is 0 Å². The molecule has 5 unspecified atom stereocenters. The second-order valence-corrected chi connectivity index (χ2v) is 11.4. The molecule has 0 spiro atoms. The molecule has 160 valence electrons. The summed E-state index contributed by atoms with van der Waals surface area (Å²) in [4.78, 5) is 11.6. The van der Waals surface area contributed by atoms with Crippen LogP contribution in [0.1, 0.15) is 91.4 Å². The number of methoxy groups -OCH3 is 1. The molecule has 0 radical (unpaired) electrons. The molecule has 9 atom stereocenters. The lowest BCUT2D eigenvalue weighted by Crippen LogP contribution is -2.54. The first kappa shape index (κ1) is 20.7. The predicted octanol–water partition coefficient (Wildman–Crippen LogP) is 5.60. The first-order valence-corrected chi connectivity index (χ1v) is 12.0. The molecule has 0 aromatic heterocycles. The molecule has 0 saturated heterocycles. The number of carbonyl (C=O) groups excluding carboxylic acids is 1. The maximum Gasteiger partial charge on any atom is 0.305 e. The minimum Gasteiger partial charge on any atom is -0.469 e. The van der Waals surface area contributed by atoms with Crippen molar-refractivity contribution in [3.8, 4) is 0 Å². The Morgan fingerprint density at radius 2 is 1.75 bits per heavy atom. The van der Waals surface area contributed by atoms with Crippen molar-refractivity contribution in [3.05, 3.63) is 0 Å². The van der Waals surface area contributed by atoms with E-state index in [1.54, 1.807) is 0 Å². The van der Waals surface area contributed by atoms with E-state index in [-0.39, 0.29) is 12.1 Å². The van der Waals surface area contributed by atoms with E-state index in [4.69, 9.17) is 4.74 Å². The van der Waals surface area contributed by atoms with E-state index in [1.807, 2.05) is 0 Å². The highest BCUT2D eigenvalue weighted by Gasteiger charge is 2.60. The van der Waals surface area contributed by atoms with E-state index in [9.17, 15) is 9.90 Å². The molecule has 0 bridgehead atoms. The van der Waals surface area contributed by atoms with Crippen LogP contribution in [0.4, 0.5) is 0 Å². The largest absolute Gasteiger partial charge is 0.469 e. The Bertz CT molecular complexity index is 588. The van der Waals surface area contributed by atoms with Crippen molar-refractivity contribution >= 4 is 5.97 Å². The molecule has 4 aliphatic carbocycles. The van der Waals surface area contributed by atoms with Crippen LogP contribution in [-0.2, 0) is 9.53 Å². The van der Waals surface area contributed by atoms with Gasteiger partial charge in [-0.05, 0) is 111 Å². The molecule has 4 saturated carbocycles. The lowest BCUT2D eigenvalue weighted by atomic mass is 9.44. The number of carbonyl (C=O) groups is 1. The zero-order valence-corrected chi connectivity index (χ0v) is 18.6. The normalized spacial score (nSPS) is 48.9. The average Bonchev–Trinajstić information content (AvgIpc) is 3.03. The quantitative estimate of drug-likeness (QED) is 0.636. The molecule has 3 heteroatoms. The number of rotatable bonds is 4. The van der Waals surface area contributed by atoms with Crippen molar-refractivity contribution in [2.45, 2.75) is 97.5 Å². The van der Waals surface area contributed by atoms with Gasteiger partial charge in [-0.3, -0.25) is 4.79 Å². The molecule has 4 rings (SSSR count). The molecule has 0 aromatic carbocycles. The third-order valence-electron chi connectivity index (χ3n) is 10.4. The SMILES string of the molecule is COC(=O)CC[C@@H](C)C1CCC2C3CCC4C[C@H](O)CC[C@]4(C)C3CC[C@@]21C. The second-order valence-electron chi connectivity index (χ2n) is 11.4. The molecule has 0 aliphatic heterocycles. The van der Waals surface area contributed by atoms with Gasteiger partial charge in [0.05, 0.1) is 13.2 Å². The van der Waals surface area contributed by atoms with Crippen LogP contribution in [0.3, 0.4) is 0 Å². The van der Waals surface area contributed by atoms with Crippen molar-refractivity contribution in [2.24, 2.45) is 46.3 Å². The highest BCUT2D eigenvalue weighted by atomic mass is 16.5. The van der Waals surface area contributed by atoms with E-state index in [0.29, 0.717) is 23.2 Å². The first-order chi connectivity index (χ1) is 13.3. The fraction of sp³-hybridized carbons (Fsp3) is 0.960. The van der Waals surface area contributed by atoms with Gasteiger partial charge in [-0.15, -0.1) is 0 Å². The topological polar surface area (TPSA) is 46.5 Å². The number of aliphatic hydroxyl groups excluding tert-OH is 1. The zero-order chi connectivity index (χ0) is 20.1. The molecule has 0 aromatic rings. The number of aliphatic hydroxyl groups is 1. The lowest BCUT2D eigenvalue weighted by molar-refractivity contribution is -0.141. The Labute approximate surface area is 172 Å². The molecule has 1 N–H and O–H groups in total. The van der Waals surface area contributed by atoms with Gasteiger partial charge in [-0.1, -0.05) is 20.8 Å². The number of ether oxygens (including phenoxy) is 1. The average molecular weight is 391 g/mol. The molecule has 0 heterocycles. The monoisotopic (exact) mass is 390 g/mol. The summed E-state index contributed by atoms with van der Waals surface area (Å²) in [7, 11) is 1.50. The smallest absolute Gasteiger partial charge is 0.305 e. The molecular weight excluding hydrogens is 348 g/mol. The Morgan fingerprint density at radius 3 is 2.50 bits per heavy atom. The molecule has 3 nitrogen and oxygen atoms in total. The summed E-state index contributed by atoms with van der Waals surface area (Å²) < 4.78 is 4.88. The second kappa shape index (κ2) is 7.60. The van der Waals surface area contributed by atoms with Crippen molar-refractivity contribution < 1.29 is 14.6 Å². The fourth-order valence-corrected chi connectivity index (χ4v) is 8.86. The van der Waals surface area contributed by atoms with Crippen LogP contribution >= 0.6 is 0 Å². The number of hydrogen-bond acceptors (Lipinski definition) is 3. The predicted molar refractivity (Wildman–Crippen MR) is 112 cm³/mol. The summed E-state index contributed by atoms with van der Waals surface area (Å²) in [5, 5.41) is 10.2. The fourth-order valence-electron chi connectivity index (χ4n) is 8.86. The van der Waals surface area contributed by atoms with Gasteiger partial charge >= 0.3 is 5.97 Å².